The lowest BCUT2D eigenvalue weighted by Crippen LogP contribution is -2.38. The van der Waals surface area contributed by atoms with E-state index in [-0.39, 0.29) is 5.25 Å². The predicted octanol–water partition coefficient (Wildman–Crippen LogP) is 1.91. The molecule has 0 spiro atoms. The van der Waals surface area contributed by atoms with Crippen molar-refractivity contribution in [2.75, 3.05) is 24.5 Å². The molecule has 0 amide bonds. The Morgan fingerprint density at radius 1 is 1.20 bits per heavy atom. The van der Waals surface area contributed by atoms with Crippen LogP contribution in [0.2, 0.25) is 0 Å². The molecular weight excluding hydrogens is 272 g/mol. The average molecular weight is 294 g/mol. The van der Waals surface area contributed by atoms with Crippen LogP contribution in [0.5, 0.6) is 0 Å². The van der Waals surface area contributed by atoms with Gasteiger partial charge in [0.2, 0.25) is 10.0 Å². The number of sulfonamides is 1. The minimum atomic E-state index is -3.11. The van der Waals surface area contributed by atoms with Gasteiger partial charge in [0.05, 0.1) is 5.25 Å². The number of anilines is 1. The van der Waals surface area contributed by atoms with Crippen LogP contribution in [0.3, 0.4) is 0 Å². The number of hydrogen-bond donors (Lipinski definition) is 1. The molecule has 110 valence electrons. The Morgan fingerprint density at radius 3 is 2.75 bits per heavy atom. The van der Waals surface area contributed by atoms with E-state index in [1.807, 2.05) is 6.07 Å². The molecule has 0 atom stereocenters. The Hall–Kier alpha value is -1.07. The Morgan fingerprint density at radius 2 is 1.95 bits per heavy atom. The summed E-state index contributed by atoms with van der Waals surface area (Å²) >= 11 is 0. The smallest absolute Gasteiger partial charge is 0.214 e. The molecular formula is C15H22N2O2S. The van der Waals surface area contributed by atoms with E-state index < -0.39 is 10.0 Å². The molecule has 1 N–H and O–H groups in total. The third-order valence-electron chi connectivity index (χ3n) is 4.41. The van der Waals surface area contributed by atoms with Gasteiger partial charge in [-0.15, -0.1) is 0 Å². The van der Waals surface area contributed by atoms with Crippen LogP contribution in [-0.2, 0) is 16.4 Å². The Balaban J connectivity index is 1.54. The van der Waals surface area contributed by atoms with Gasteiger partial charge in [-0.05, 0) is 30.9 Å². The lowest BCUT2D eigenvalue weighted by Gasteiger charge is -2.20. The van der Waals surface area contributed by atoms with Crippen LogP contribution in [0.15, 0.2) is 24.3 Å². The van der Waals surface area contributed by atoms with E-state index in [4.69, 9.17) is 0 Å². The summed E-state index contributed by atoms with van der Waals surface area (Å²) in [5, 5.41) is -0.159. The molecule has 1 saturated carbocycles. The second-order valence-corrected chi connectivity index (χ2v) is 7.76. The van der Waals surface area contributed by atoms with Gasteiger partial charge in [-0.2, -0.15) is 0 Å². The second kappa shape index (κ2) is 5.74. The molecule has 3 rings (SSSR count). The number of nitrogens with zero attached hydrogens (tertiary/aromatic N) is 1. The fraction of sp³-hybridized carbons (Fsp3) is 0.600. The highest BCUT2D eigenvalue weighted by Gasteiger charge is 2.28. The molecule has 1 heterocycles. The average Bonchev–Trinajstić information content (AvgIpc) is 3.08. The van der Waals surface area contributed by atoms with E-state index in [1.165, 1.54) is 11.3 Å². The molecule has 1 aromatic carbocycles. The molecule has 0 bridgehead atoms. The Bertz CT molecular complexity index is 565. The normalized spacial score (nSPS) is 19.5. The van der Waals surface area contributed by atoms with Crippen molar-refractivity contribution in [3.05, 3.63) is 29.8 Å². The summed E-state index contributed by atoms with van der Waals surface area (Å²) in [7, 11) is -3.11. The minimum Gasteiger partial charge on any atom is -0.370 e. The lowest BCUT2D eigenvalue weighted by atomic mass is 10.2. The topological polar surface area (TPSA) is 49.4 Å². The third kappa shape index (κ3) is 2.83. The van der Waals surface area contributed by atoms with Gasteiger partial charge >= 0.3 is 0 Å². The quantitative estimate of drug-likeness (QED) is 0.902. The number of para-hydroxylation sites is 1. The van der Waals surface area contributed by atoms with Crippen molar-refractivity contribution in [3.63, 3.8) is 0 Å². The van der Waals surface area contributed by atoms with Gasteiger partial charge in [-0.1, -0.05) is 31.0 Å². The van der Waals surface area contributed by atoms with Crippen LogP contribution in [-0.4, -0.2) is 33.3 Å². The zero-order valence-corrected chi connectivity index (χ0v) is 12.5. The third-order valence-corrected chi connectivity index (χ3v) is 6.36. The summed E-state index contributed by atoms with van der Waals surface area (Å²) < 4.78 is 27.0. The van der Waals surface area contributed by atoms with Gasteiger partial charge < -0.3 is 4.90 Å². The first kappa shape index (κ1) is 13.9. The zero-order chi connectivity index (χ0) is 14.0. The van der Waals surface area contributed by atoms with Gasteiger partial charge in [0, 0.05) is 25.3 Å². The molecule has 0 radical (unpaired) electrons. The van der Waals surface area contributed by atoms with Gasteiger partial charge in [-0.25, -0.2) is 13.1 Å². The van der Waals surface area contributed by atoms with Gasteiger partial charge in [0.25, 0.3) is 0 Å². The SMILES string of the molecule is O=S(=O)(NCCN1CCc2ccccc21)C1CCCC1. The van der Waals surface area contributed by atoms with Crippen molar-refractivity contribution in [2.24, 2.45) is 0 Å². The number of nitrogens with one attached hydrogen (secondary N) is 1. The number of rotatable bonds is 5. The summed E-state index contributed by atoms with van der Waals surface area (Å²) in [6, 6.07) is 8.37. The van der Waals surface area contributed by atoms with Crippen LogP contribution in [0.25, 0.3) is 0 Å². The van der Waals surface area contributed by atoms with Crippen molar-refractivity contribution >= 4 is 15.7 Å². The van der Waals surface area contributed by atoms with E-state index in [0.29, 0.717) is 6.54 Å². The van der Waals surface area contributed by atoms with E-state index in [1.54, 1.807) is 0 Å². The van der Waals surface area contributed by atoms with Crippen LogP contribution >= 0.6 is 0 Å². The van der Waals surface area contributed by atoms with Gasteiger partial charge in [0.1, 0.15) is 0 Å². The van der Waals surface area contributed by atoms with Crippen molar-refractivity contribution in [1.82, 2.24) is 4.72 Å². The molecule has 1 aliphatic carbocycles. The Kier molecular flexibility index (Phi) is 3.98. The molecule has 0 aromatic heterocycles. The first-order chi connectivity index (χ1) is 9.67. The fourth-order valence-electron chi connectivity index (χ4n) is 3.28. The maximum absolute atomic E-state index is 12.1. The standard InChI is InChI=1S/C15H22N2O2S/c18-20(19,14-6-2-3-7-14)16-10-12-17-11-9-13-5-1-4-8-15(13)17/h1,4-5,8,14,16H,2-3,6-7,9-12H2. The molecule has 5 heteroatoms. The monoisotopic (exact) mass is 294 g/mol. The van der Waals surface area contributed by atoms with Crippen molar-refractivity contribution in [1.29, 1.82) is 0 Å². The number of fused-ring (bicyclic) bond motifs is 1. The molecule has 1 fully saturated rings. The largest absolute Gasteiger partial charge is 0.370 e. The highest BCUT2D eigenvalue weighted by atomic mass is 32.2. The summed E-state index contributed by atoms with van der Waals surface area (Å²) in [6.07, 6.45) is 4.80. The minimum absolute atomic E-state index is 0.159. The maximum atomic E-state index is 12.1. The maximum Gasteiger partial charge on any atom is 0.214 e. The molecule has 0 saturated heterocycles. The van der Waals surface area contributed by atoms with E-state index in [2.05, 4.69) is 27.8 Å². The van der Waals surface area contributed by atoms with E-state index in [9.17, 15) is 8.42 Å². The predicted molar refractivity (Wildman–Crippen MR) is 81.5 cm³/mol. The van der Waals surface area contributed by atoms with Crippen molar-refractivity contribution in [3.8, 4) is 0 Å². The summed E-state index contributed by atoms with van der Waals surface area (Å²) in [5.74, 6) is 0. The van der Waals surface area contributed by atoms with E-state index in [0.717, 1.165) is 45.2 Å². The highest BCUT2D eigenvalue weighted by Crippen LogP contribution is 2.27. The fourth-order valence-corrected chi connectivity index (χ4v) is 4.84. The number of hydrogen-bond acceptors (Lipinski definition) is 3. The second-order valence-electron chi connectivity index (χ2n) is 5.71. The summed E-state index contributed by atoms with van der Waals surface area (Å²) in [5.41, 5.74) is 2.62. The molecule has 0 unspecified atom stereocenters. The van der Waals surface area contributed by atoms with Crippen LogP contribution in [0.1, 0.15) is 31.2 Å². The first-order valence-corrected chi connectivity index (χ1v) is 9.03. The van der Waals surface area contributed by atoms with Crippen LogP contribution < -0.4 is 9.62 Å². The van der Waals surface area contributed by atoms with Crippen LogP contribution in [0, 0.1) is 0 Å². The van der Waals surface area contributed by atoms with Crippen molar-refractivity contribution < 1.29 is 8.42 Å². The highest BCUT2D eigenvalue weighted by molar-refractivity contribution is 7.90. The van der Waals surface area contributed by atoms with Gasteiger partial charge in [-0.3, -0.25) is 0 Å². The Labute approximate surface area is 121 Å². The molecule has 1 aliphatic heterocycles. The molecule has 1 aromatic rings. The zero-order valence-electron chi connectivity index (χ0n) is 11.7. The lowest BCUT2D eigenvalue weighted by molar-refractivity contribution is 0.564. The number of benzene rings is 1. The molecule has 20 heavy (non-hydrogen) atoms. The van der Waals surface area contributed by atoms with Crippen molar-refractivity contribution in [2.45, 2.75) is 37.4 Å². The molecule has 4 nitrogen and oxygen atoms in total. The van der Waals surface area contributed by atoms with Crippen LogP contribution in [0.4, 0.5) is 5.69 Å². The summed E-state index contributed by atoms with van der Waals surface area (Å²) in [4.78, 5) is 2.27. The first-order valence-electron chi connectivity index (χ1n) is 7.48. The molecule has 2 aliphatic rings. The van der Waals surface area contributed by atoms with E-state index >= 15 is 0 Å². The van der Waals surface area contributed by atoms with Gasteiger partial charge in [0.15, 0.2) is 0 Å². The summed E-state index contributed by atoms with van der Waals surface area (Å²) in [6.45, 7) is 2.25.